The number of benzene rings is 3. The molecule has 1 heterocycles. The maximum absolute atomic E-state index is 13.5. The molecule has 1 N–H and O–H groups in total. The van der Waals surface area contributed by atoms with E-state index in [2.05, 4.69) is 34.3 Å². The largest absolute Gasteiger partial charge is 0.493 e. The van der Waals surface area contributed by atoms with Crippen molar-refractivity contribution < 1.29 is 24.2 Å². The highest BCUT2D eigenvalue weighted by Gasteiger charge is 2.32. The normalized spacial score (nSPS) is 14.1. The number of carbonyl (C=O) groups is 2. The Labute approximate surface area is 216 Å². The van der Waals surface area contributed by atoms with Crippen LogP contribution in [-0.4, -0.2) is 36.4 Å². The molecule has 4 rings (SSSR count). The van der Waals surface area contributed by atoms with Crippen molar-refractivity contribution >= 4 is 51.9 Å². The van der Waals surface area contributed by atoms with Crippen molar-refractivity contribution in [2.45, 2.75) is 0 Å². The lowest BCUT2D eigenvalue weighted by Gasteiger charge is -2.13. The van der Waals surface area contributed by atoms with Crippen LogP contribution >= 0.6 is 22.6 Å². The number of carboxylic acid groups (broad SMARTS) is 1. The summed E-state index contributed by atoms with van der Waals surface area (Å²) in [6, 6.07) is 19.1. The quantitative estimate of drug-likeness (QED) is 0.219. The summed E-state index contributed by atoms with van der Waals surface area (Å²) in [6.07, 6.45) is 3.42. The molecule has 0 aromatic heterocycles. The molecule has 0 bridgehead atoms. The molecule has 1 aliphatic heterocycles. The van der Waals surface area contributed by atoms with Gasteiger partial charge in [0.05, 0.1) is 27.5 Å². The fourth-order valence-corrected chi connectivity index (χ4v) is 4.33. The SMILES string of the molecule is C=CCOc1c(I)cc(/C=C2\C(=O)N(c3ccc(C(=O)O)cc3)N=C2c2ccccc2)cc1OC. The van der Waals surface area contributed by atoms with E-state index in [1.54, 1.807) is 37.5 Å². The van der Waals surface area contributed by atoms with Crippen molar-refractivity contribution in [3.8, 4) is 11.5 Å². The van der Waals surface area contributed by atoms with Crippen LogP contribution in [0.2, 0.25) is 0 Å². The van der Waals surface area contributed by atoms with Crippen LogP contribution in [0.4, 0.5) is 5.69 Å². The Balaban J connectivity index is 1.79. The first-order valence-electron chi connectivity index (χ1n) is 10.6. The average molecular weight is 580 g/mol. The number of ether oxygens (including phenoxy) is 2. The average Bonchev–Trinajstić information content (AvgIpc) is 3.19. The van der Waals surface area contributed by atoms with E-state index in [-0.39, 0.29) is 11.5 Å². The molecule has 0 saturated heterocycles. The van der Waals surface area contributed by atoms with Gasteiger partial charge in [-0.3, -0.25) is 4.79 Å². The topological polar surface area (TPSA) is 88.4 Å². The minimum absolute atomic E-state index is 0.129. The Morgan fingerprint density at radius 1 is 1.14 bits per heavy atom. The molecule has 8 heteroatoms. The third kappa shape index (κ3) is 5.12. The molecule has 0 aliphatic carbocycles. The van der Waals surface area contributed by atoms with E-state index < -0.39 is 5.97 Å². The summed E-state index contributed by atoms with van der Waals surface area (Å²) < 4.78 is 12.1. The molecule has 0 atom stereocenters. The molecule has 1 aliphatic rings. The Hall–Kier alpha value is -3.92. The predicted molar refractivity (Wildman–Crippen MR) is 143 cm³/mol. The van der Waals surface area contributed by atoms with Gasteiger partial charge in [0.15, 0.2) is 11.5 Å². The molecule has 35 heavy (non-hydrogen) atoms. The number of halogens is 1. The number of amides is 1. The maximum atomic E-state index is 13.5. The zero-order valence-electron chi connectivity index (χ0n) is 18.8. The van der Waals surface area contributed by atoms with Crippen molar-refractivity contribution in [3.05, 3.63) is 105 Å². The minimum atomic E-state index is -1.04. The number of carboxylic acids is 1. The summed E-state index contributed by atoms with van der Waals surface area (Å²) >= 11 is 2.16. The van der Waals surface area contributed by atoms with E-state index in [4.69, 9.17) is 9.47 Å². The van der Waals surface area contributed by atoms with Crippen molar-refractivity contribution in [1.82, 2.24) is 0 Å². The number of methoxy groups -OCH3 is 1. The smallest absolute Gasteiger partial charge is 0.335 e. The van der Waals surface area contributed by atoms with Crippen LogP contribution in [0.3, 0.4) is 0 Å². The number of hydrogen-bond acceptors (Lipinski definition) is 5. The van der Waals surface area contributed by atoms with Gasteiger partial charge in [-0.1, -0.05) is 43.0 Å². The van der Waals surface area contributed by atoms with Gasteiger partial charge in [-0.05, 0) is 70.6 Å². The molecule has 0 fully saturated rings. The first-order valence-corrected chi connectivity index (χ1v) is 11.7. The van der Waals surface area contributed by atoms with Crippen LogP contribution in [0.15, 0.2) is 90.1 Å². The van der Waals surface area contributed by atoms with Gasteiger partial charge in [0.1, 0.15) is 12.3 Å². The Morgan fingerprint density at radius 2 is 1.86 bits per heavy atom. The molecule has 1 amide bonds. The molecule has 7 nitrogen and oxygen atoms in total. The lowest BCUT2D eigenvalue weighted by atomic mass is 10.00. The van der Waals surface area contributed by atoms with Crippen molar-refractivity contribution in [2.75, 3.05) is 18.7 Å². The first kappa shape index (κ1) is 24.2. The molecular weight excluding hydrogens is 559 g/mol. The summed E-state index contributed by atoms with van der Waals surface area (Å²) in [4.78, 5) is 24.7. The number of hydrazone groups is 1. The monoisotopic (exact) mass is 580 g/mol. The first-order chi connectivity index (χ1) is 16.9. The van der Waals surface area contributed by atoms with Crippen LogP contribution in [0, 0.1) is 3.57 Å². The molecule has 0 radical (unpaired) electrons. The predicted octanol–water partition coefficient (Wildman–Crippen LogP) is 5.40. The van der Waals surface area contributed by atoms with Crippen molar-refractivity contribution in [1.29, 1.82) is 0 Å². The summed E-state index contributed by atoms with van der Waals surface area (Å²) in [5, 5.41) is 15.1. The molecule has 0 spiro atoms. The molecule has 0 unspecified atom stereocenters. The number of hydrogen-bond donors (Lipinski definition) is 1. The number of carbonyl (C=O) groups excluding carboxylic acids is 1. The second-order valence-corrected chi connectivity index (χ2v) is 8.64. The summed E-state index contributed by atoms with van der Waals surface area (Å²) in [6.45, 7) is 4.01. The molecule has 3 aromatic rings. The van der Waals surface area contributed by atoms with Gasteiger partial charge < -0.3 is 14.6 Å². The molecule has 3 aromatic carbocycles. The van der Waals surface area contributed by atoms with Gasteiger partial charge in [0.25, 0.3) is 5.91 Å². The lowest BCUT2D eigenvalue weighted by molar-refractivity contribution is -0.114. The van der Waals surface area contributed by atoms with E-state index in [1.165, 1.54) is 17.1 Å². The number of nitrogens with zero attached hydrogens (tertiary/aromatic N) is 2. The highest BCUT2D eigenvalue weighted by molar-refractivity contribution is 14.1. The van der Waals surface area contributed by atoms with E-state index in [0.29, 0.717) is 35.1 Å². The summed E-state index contributed by atoms with van der Waals surface area (Å²) in [7, 11) is 1.56. The van der Waals surface area contributed by atoms with E-state index in [0.717, 1.165) is 14.7 Å². The van der Waals surface area contributed by atoms with Gasteiger partial charge in [-0.15, -0.1) is 0 Å². The van der Waals surface area contributed by atoms with Gasteiger partial charge in [0, 0.05) is 5.56 Å². The molecule has 0 saturated carbocycles. The Morgan fingerprint density at radius 3 is 2.49 bits per heavy atom. The number of anilines is 1. The van der Waals surface area contributed by atoms with Gasteiger partial charge in [-0.2, -0.15) is 10.1 Å². The second-order valence-electron chi connectivity index (χ2n) is 7.48. The Bertz CT molecular complexity index is 1350. The third-order valence-corrected chi connectivity index (χ3v) is 5.99. The van der Waals surface area contributed by atoms with Crippen LogP contribution in [0.25, 0.3) is 6.08 Å². The van der Waals surface area contributed by atoms with Gasteiger partial charge in [-0.25, -0.2) is 4.79 Å². The van der Waals surface area contributed by atoms with Gasteiger partial charge >= 0.3 is 5.97 Å². The van der Waals surface area contributed by atoms with Crippen LogP contribution in [0.5, 0.6) is 11.5 Å². The third-order valence-electron chi connectivity index (χ3n) is 5.19. The maximum Gasteiger partial charge on any atom is 0.335 e. The molecular formula is C27H21IN2O5. The number of rotatable bonds is 8. The standard InChI is InChI=1S/C27H21IN2O5/c1-3-13-35-25-22(28)15-17(16-23(25)34-2)14-21-24(18-7-5-4-6-8-18)29-30(26(21)31)20-11-9-19(10-12-20)27(32)33/h3-12,14-16H,1,13H2,2H3,(H,32,33)/b21-14-. The van der Waals surface area contributed by atoms with E-state index >= 15 is 0 Å². The number of aromatic carboxylic acids is 1. The van der Waals surface area contributed by atoms with Crippen molar-refractivity contribution in [2.24, 2.45) is 5.10 Å². The van der Waals surface area contributed by atoms with Gasteiger partial charge in [0.2, 0.25) is 0 Å². The fraction of sp³-hybridized carbons (Fsp3) is 0.0741. The summed E-state index contributed by atoms with van der Waals surface area (Å²) in [5.74, 6) is -0.226. The van der Waals surface area contributed by atoms with Crippen molar-refractivity contribution in [3.63, 3.8) is 0 Å². The highest BCUT2D eigenvalue weighted by Crippen LogP contribution is 2.36. The zero-order valence-corrected chi connectivity index (χ0v) is 20.9. The minimum Gasteiger partial charge on any atom is -0.493 e. The second kappa shape index (κ2) is 10.6. The highest BCUT2D eigenvalue weighted by atomic mass is 127. The Kier molecular flexibility index (Phi) is 7.31. The zero-order chi connectivity index (χ0) is 24.9. The van der Waals surface area contributed by atoms with Crippen LogP contribution in [0.1, 0.15) is 21.5 Å². The molecule has 176 valence electrons. The van der Waals surface area contributed by atoms with Crippen LogP contribution in [-0.2, 0) is 4.79 Å². The van der Waals surface area contributed by atoms with E-state index in [1.807, 2.05) is 36.4 Å². The van der Waals surface area contributed by atoms with Crippen LogP contribution < -0.4 is 14.5 Å². The fourth-order valence-electron chi connectivity index (χ4n) is 3.55. The lowest BCUT2D eigenvalue weighted by Crippen LogP contribution is -2.21. The summed E-state index contributed by atoms with van der Waals surface area (Å²) in [5.41, 5.74) is 3.03. The van der Waals surface area contributed by atoms with E-state index in [9.17, 15) is 14.7 Å².